The van der Waals surface area contributed by atoms with Gasteiger partial charge in [-0.25, -0.2) is 0 Å². The maximum atomic E-state index is 4.44. The van der Waals surface area contributed by atoms with Gasteiger partial charge < -0.3 is 4.90 Å². The van der Waals surface area contributed by atoms with Crippen molar-refractivity contribution in [2.75, 3.05) is 19.3 Å². The number of rotatable bonds is 5. The summed E-state index contributed by atoms with van der Waals surface area (Å²) in [6.45, 7) is 5.52. The summed E-state index contributed by atoms with van der Waals surface area (Å²) in [5.41, 5.74) is 1.39. The number of likely N-dealkylation sites (N-methyl/N-ethyl adjacent to an activating group) is 1. The lowest BCUT2D eigenvalue weighted by molar-refractivity contribution is 0.262. The molecule has 0 aliphatic heterocycles. The number of nitrogens with zero attached hydrogens (tertiary/aromatic N) is 1. The molecule has 1 aromatic rings. The zero-order valence-corrected chi connectivity index (χ0v) is 10.7. The van der Waals surface area contributed by atoms with Gasteiger partial charge in [0.25, 0.3) is 0 Å². The number of hydrogen-bond acceptors (Lipinski definition) is 2. The maximum absolute atomic E-state index is 4.44. The molecule has 15 heavy (non-hydrogen) atoms. The van der Waals surface area contributed by atoms with E-state index in [1.54, 1.807) is 0 Å². The van der Waals surface area contributed by atoms with E-state index in [-0.39, 0.29) is 0 Å². The van der Waals surface area contributed by atoms with E-state index in [0.717, 1.165) is 12.3 Å². The molecule has 2 heteroatoms. The Hall–Kier alpha value is -0.470. The fourth-order valence-corrected chi connectivity index (χ4v) is 1.88. The van der Waals surface area contributed by atoms with E-state index < -0.39 is 0 Å². The first-order chi connectivity index (χ1) is 7.15. The molecule has 84 valence electrons. The molecule has 0 N–H and O–H groups in total. The van der Waals surface area contributed by atoms with Crippen molar-refractivity contribution >= 4 is 12.6 Å². The van der Waals surface area contributed by atoms with Gasteiger partial charge in [0.2, 0.25) is 0 Å². The summed E-state index contributed by atoms with van der Waals surface area (Å²) in [6.07, 6.45) is 0. The molecule has 0 aromatic heterocycles. The van der Waals surface area contributed by atoms with Crippen LogP contribution in [0.3, 0.4) is 0 Å². The van der Waals surface area contributed by atoms with Crippen LogP contribution in [0.5, 0.6) is 0 Å². The van der Waals surface area contributed by atoms with Crippen LogP contribution in [0.4, 0.5) is 0 Å². The monoisotopic (exact) mass is 223 g/mol. The van der Waals surface area contributed by atoms with Crippen molar-refractivity contribution in [3.8, 4) is 0 Å². The van der Waals surface area contributed by atoms with Gasteiger partial charge in [0.05, 0.1) is 0 Å². The van der Waals surface area contributed by atoms with Gasteiger partial charge in [-0.05, 0) is 32.2 Å². The number of thiol groups is 1. The van der Waals surface area contributed by atoms with E-state index >= 15 is 0 Å². The van der Waals surface area contributed by atoms with Crippen LogP contribution >= 0.6 is 12.6 Å². The second-order valence-electron chi connectivity index (χ2n) is 4.32. The van der Waals surface area contributed by atoms with E-state index in [1.165, 1.54) is 5.56 Å². The molecule has 0 aliphatic carbocycles. The van der Waals surface area contributed by atoms with E-state index in [4.69, 9.17) is 0 Å². The van der Waals surface area contributed by atoms with Gasteiger partial charge in [-0.1, -0.05) is 30.3 Å². The lowest BCUT2D eigenvalue weighted by Gasteiger charge is -2.26. The van der Waals surface area contributed by atoms with Gasteiger partial charge in [0.1, 0.15) is 0 Å². The third kappa shape index (κ3) is 3.88. The molecule has 1 aromatic carbocycles. The summed E-state index contributed by atoms with van der Waals surface area (Å²) < 4.78 is 0. The molecule has 0 fully saturated rings. The summed E-state index contributed by atoms with van der Waals surface area (Å²) in [7, 11) is 2.17. The van der Waals surface area contributed by atoms with E-state index in [9.17, 15) is 0 Å². The Kier molecular flexibility index (Phi) is 5.20. The van der Waals surface area contributed by atoms with Crippen molar-refractivity contribution < 1.29 is 0 Å². The van der Waals surface area contributed by atoms with Crippen molar-refractivity contribution in [2.45, 2.75) is 25.8 Å². The first-order valence-electron chi connectivity index (χ1n) is 5.51. The summed E-state index contributed by atoms with van der Waals surface area (Å²) >= 11 is 4.44. The van der Waals surface area contributed by atoms with Crippen molar-refractivity contribution in [1.82, 2.24) is 4.90 Å². The molecule has 0 heterocycles. The van der Waals surface area contributed by atoms with Crippen LogP contribution in [0, 0.1) is 0 Å². The van der Waals surface area contributed by atoms with Crippen molar-refractivity contribution in [3.63, 3.8) is 0 Å². The first kappa shape index (κ1) is 12.6. The second kappa shape index (κ2) is 6.19. The van der Waals surface area contributed by atoms with E-state index in [1.807, 2.05) is 0 Å². The van der Waals surface area contributed by atoms with Crippen LogP contribution in [0.2, 0.25) is 0 Å². The predicted molar refractivity (Wildman–Crippen MR) is 70.8 cm³/mol. The van der Waals surface area contributed by atoms with Crippen molar-refractivity contribution in [1.29, 1.82) is 0 Å². The molecule has 0 amide bonds. The molecule has 0 bridgehead atoms. The van der Waals surface area contributed by atoms with Crippen LogP contribution in [0.1, 0.15) is 25.3 Å². The van der Waals surface area contributed by atoms with Gasteiger partial charge in [-0.2, -0.15) is 12.6 Å². The van der Waals surface area contributed by atoms with Crippen LogP contribution in [-0.4, -0.2) is 30.3 Å². The fraction of sp³-hybridized carbons (Fsp3) is 0.538. The Balaban J connectivity index is 2.65. The third-order valence-electron chi connectivity index (χ3n) is 2.88. The molecule has 0 saturated heterocycles. The van der Waals surface area contributed by atoms with Gasteiger partial charge in [0.15, 0.2) is 0 Å². The highest BCUT2D eigenvalue weighted by Gasteiger charge is 2.13. The Morgan fingerprint density at radius 3 is 2.27 bits per heavy atom. The van der Waals surface area contributed by atoms with Crippen LogP contribution < -0.4 is 0 Å². The van der Waals surface area contributed by atoms with Gasteiger partial charge in [-0.3, -0.25) is 0 Å². The van der Waals surface area contributed by atoms with Crippen LogP contribution in [0.25, 0.3) is 0 Å². The quantitative estimate of drug-likeness (QED) is 0.751. The van der Waals surface area contributed by atoms with E-state index in [0.29, 0.717) is 12.0 Å². The van der Waals surface area contributed by atoms with Gasteiger partial charge in [-0.15, -0.1) is 0 Å². The minimum atomic E-state index is 0.530. The highest BCUT2D eigenvalue weighted by Crippen LogP contribution is 2.18. The normalized spacial score (nSPS) is 13.5. The van der Waals surface area contributed by atoms with Gasteiger partial charge >= 0.3 is 0 Å². The molecule has 1 unspecified atom stereocenters. The summed E-state index contributed by atoms with van der Waals surface area (Å²) in [6, 6.07) is 11.2. The molecule has 0 spiro atoms. The van der Waals surface area contributed by atoms with Crippen LogP contribution in [0.15, 0.2) is 30.3 Å². The Morgan fingerprint density at radius 1 is 1.20 bits per heavy atom. The Morgan fingerprint density at radius 2 is 1.80 bits per heavy atom. The van der Waals surface area contributed by atoms with Crippen molar-refractivity contribution in [2.24, 2.45) is 0 Å². The Labute approximate surface area is 98.9 Å². The first-order valence-corrected chi connectivity index (χ1v) is 6.14. The largest absolute Gasteiger partial charge is 0.303 e. The number of hydrogen-bond donors (Lipinski definition) is 1. The molecule has 0 saturated carbocycles. The van der Waals surface area contributed by atoms with Crippen LogP contribution in [-0.2, 0) is 0 Å². The second-order valence-corrected chi connectivity index (χ2v) is 4.69. The fourth-order valence-electron chi connectivity index (χ4n) is 1.55. The van der Waals surface area contributed by atoms with Gasteiger partial charge in [0, 0.05) is 18.5 Å². The molecular weight excluding hydrogens is 202 g/mol. The van der Waals surface area contributed by atoms with Crippen molar-refractivity contribution in [3.05, 3.63) is 35.9 Å². The molecule has 1 atom stereocenters. The smallest absolute Gasteiger partial charge is 0.00578 e. The topological polar surface area (TPSA) is 3.24 Å². The van der Waals surface area contributed by atoms with E-state index in [2.05, 4.69) is 68.8 Å². The predicted octanol–water partition coefficient (Wildman–Crippen LogP) is 3.04. The highest BCUT2D eigenvalue weighted by molar-refractivity contribution is 7.80. The Bertz CT molecular complexity index is 271. The molecule has 0 aliphatic rings. The summed E-state index contributed by atoms with van der Waals surface area (Å²) in [5.74, 6) is 1.43. The molecular formula is C13H21NS. The standard InChI is InChI=1S/C13H21NS/c1-11(2)14(3)9-13(10-15)12-7-5-4-6-8-12/h4-8,11,13,15H,9-10H2,1-3H3. The zero-order valence-electron chi connectivity index (χ0n) is 9.85. The lowest BCUT2D eigenvalue weighted by Crippen LogP contribution is -2.31. The average molecular weight is 223 g/mol. The number of benzene rings is 1. The molecule has 0 radical (unpaired) electrons. The average Bonchev–Trinajstić information content (AvgIpc) is 2.26. The summed E-state index contributed by atoms with van der Waals surface area (Å²) in [4.78, 5) is 2.37. The lowest BCUT2D eigenvalue weighted by atomic mass is 10.0. The minimum Gasteiger partial charge on any atom is -0.303 e. The SMILES string of the molecule is CC(C)N(C)CC(CS)c1ccccc1. The molecule has 1 nitrogen and oxygen atoms in total. The minimum absolute atomic E-state index is 0.530. The zero-order chi connectivity index (χ0) is 11.3. The highest BCUT2D eigenvalue weighted by atomic mass is 32.1. The maximum Gasteiger partial charge on any atom is 0.00578 e. The third-order valence-corrected chi connectivity index (χ3v) is 3.32. The summed E-state index contributed by atoms with van der Waals surface area (Å²) in [5, 5.41) is 0. The molecule has 1 rings (SSSR count).